The number of likely N-dealkylation sites (N-methyl/N-ethyl adjacent to an activating group) is 1. The van der Waals surface area contributed by atoms with Crippen molar-refractivity contribution in [2.24, 2.45) is 0 Å². The Bertz CT molecular complexity index is 791. The van der Waals surface area contributed by atoms with Gasteiger partial charge in [0.1, 0.15) is 5.75 Å². The number of hydrogen-bond acceptors (Lipinski definition) is 2. The van der Waals surface area contributed by atoms with Crippen molar-refractivity contribution >= 4 is 16.5 Å². The summed E-state index contributed by atoms with van der Waals surface area (Å²) in [6.45, 7) is 0. The second kappa shape index (κ2) is 4.81. The first-order valence-electron chi connectivity index (χ1n) is 7.28. The van der Waals surface area contributed by atoms with E-state index in [1.165, 1.54) is 22.0 Å². The van der Waals surface area contributed by atoms with Crippen molar-refractivity contribution in [1.82, 2.24) is 0 Å². The molecule has 3 aromatic carbocycles. The van der Waals surface area contributed by atoms with E-state index in [2.05, 4.69) is 66.5 Å². The molecular formula is C19H17NO. The van der Waals surface area contributed by atoms with Gasteiger partial charge in [-0.3, -0.25) is 0 Å². The van der Waals surface area contributed by atoms with Crippen LogP contribution in [0.1, 0.15) is 5.56 Å². The molecule has 0 spiro atoms. The lowest BCUT2D eigenvalue weighted by atomic mass is 10.0. The van der Waals surface area contributed by atoms with Gasteiger partial charge in [0.15, 0.2) is 6.23 Å². The molecule has 1 heterocycles. The van der Waals surface area contributed by atoms with Crippen molar-refractivity contribution in [3.8, 4) is 5.75 Å². The Morgan fingerprint density at radius 2 is 1.67 bits per heavy atom. The standard InChI is InChI=1S/C19H17NO/c1-20-17-11-4-5-12-18(17)21-19(20)13-15-9-6-8-14-7-2-3-10-16(14)15/h2-12,19H,13H2,1H3. The minimum absolute atomic E-state index is 0.0632. The van der Waals surface area contributed by atoms with Crippen LogP contribution in [-0.2, 0) is 6.42 Å². The minimum Gasteiger partial charge on any atom is -0.468 e. The summed E-state index contributed by atoms with van der Waals surface area (Å²) in [5, 5.41) is 2.60. The van der Waals surface area contributed by atoms with Gasteiger partial charge in [-0.25, -0.2) is 0 Å². The van der Waals surface area contributed by atoms with Crippen LogP contribution in [0.15, 0.2) is 66.7 Å². The Labute approximate surface area is 124 Å². The fourth-order valence-corrected chi connectivity index (χ4v) is 3.07. The zero-order valence-electron chi connectivity index (χ0n) is 12.0. The maximum Gasteiger partial charge on any atom is 0.176 e. The van der Waals surface area contributed by atoms with E-state index in [1.54, 1.807) is 0 Å². The second-order valence-corrected chi connectivity index (χ2v) is 5.49. The molecule has 1 unspecified atom stereocenters. The third-order valence-electron chi connectivity index (χ3n) is 4.21. The molecular weight excluding hydrogens is 258 g/mol. The van der Waals surface area contributed by atoms with E-state index >= 15 is 0 Å². The number of anilines is 1. The van der Waals surface area contributed by atoms with E-state index < -0.39 is 0 Å². The largest absolute Gasteiger partial charge is 0.468 e. The van der Waals surface area contributed by atoms with Crippen molar-refractivity contribution < 1.29 is 4.74 Å². The fourth-order valence-electron chi connectivity index (χ4n) is 3.07. The predicted octanol–water partition coefficient (Wildman–Crippen LogP) is 4.24. The molecule has 0 amide bonds. The summed E-state index contributed by atoms with van der Waals surface area (Å²) in [5.74, 6) is 0.977. The minimum atomic E-state index is 0.0632. The molecule has 0 saturated heterocycles. The zero-order valence-corrected chi connectivity index (χ0v) is 12.0. The first-order chi connectivity index (χ1) is 10.3. The molecule has 0 N–H and O–H groups in total. The summed E-state index contributed by atoms with van der Waals surface area (Å²) in [7, 11) is 2.10. The molecule has 0 bridgehead atoms. The number of fused-ring (bicyclic) bond motifs is 2. The van der Waals surface area contributed by atoms with Gasteiger partial charge < -0.3 is 9.64 Å². The van der Waals surface area contributed by atoms with Gasteiger partial charge in [0.2, 0.25) is 0 Å². The first-order valence-corrected chi connectivity index (χ1v) is 7.28. The van der Waals surface area contributed by atoms with E-state index in [-0.39, 0.29) is 6.23 Å². The fraction of sp³-hybridized carbons (Fsp3) is 0.158. The quantitative estimate of drug-likeness (QED) is 0.693. The molecule has 4 rings (SSSR count). The number of hydrogen-bond donors (Lipinski definition) is 0. The number of nitrogens with zero attached hydrogens (tertiary/aromatic N) is 1. The van der Waals surface area contributed by atoms with E-state index in [1.807, 2.05) is 12.1 Å². The van der Waals surface area contributed by atoms with E-state index in [4.69, 9.17) is 4.74 Å². The van der Waals surface area contributed by atoms with Gasteiger partial charge in [0.05, 0.1) is 5.69 Å². The molecule has 0 aliphatic carbocycles. The maximum absolute atomic E-state index is 6.10. The van der Waals surface area contributed by atoms with Gasteiger partial charge in [0.25, 0.3) is 0 Å². The lowest BCUT2D eigenvalue weighted by Crippen LogP contribution is -2.33. The molecule has 1 atom stereocenters. The van der Waals surface area contributed by atoms with Crippen molar-refractivity contribution in [1.29, 1.82) is 0 Å². The molecule has 1 aliphatic rings. The van der Waals surface area contributed by atoms with Gasteiger partial charge in [0, 0.05) is 13.5 Å². The summed E-state index contributed by atoms with van der Waals surface area (Å²) in [4.78, 5) is 2.22. The van der Waals surface area contributed by atoms with Crippen LogP contribution in [0.2, 0.25) is 0 Å². The summed E-state index contributed by atoms with van der Waals surface area (Å²) < 4.78 is 6.10. The molecule has 1 aliphatic heterocycles. The Hall–Kier alpha value is -2.48. The molecule has 0 fully saturated rings. The van der Waals surface area contributed by atoms with Crippen molar-refractivity contribution in [3.63, 3.8) is 0 Å². The highest BCUT2D eigenvalue weighted by Gasteiger charge is 2.27. The van der Waals surface area contributed by atoms with Crippen LogP contribution in [0.4, 0.5) is 5.69 Å². The lowest BCUT2D eigenvalue weighted by Gasteiger charge is -2.21. The molecule has 0 saturated carbocycles. The van der Waals surface area contributed by atoms with Gasteiger partial charge in [-0.2, -0.15) is 0 Å². The van der Waals surface area contributed by atoms with Gasteiger partial charge in [-0.15, -0.1) is 0 Å². The SMILES string of the molecule is CN1c2ccccc2OC1Cc1cccc2ccccc12. The van der Waals surface area contributed by atoms with Crippen LogP contribution >= 0.6 is 0 Å². The average molecular weight is 275 g/mol. The highest BCUT2D eigenvalue weighted by atomic mass is 16.5. The van der Waals surface area contributed by atoms with Crippen molar-refractivity contribution in [2.45, 2.75) is 12.6 Å². The monoisotopic (exact) mass is 275 g/mol. The van der Waals surface area contributed by atoms with Gasteiger partial charge in [-0.05, 0) is 28.5 Å². The van der Waals surface area contributed by atoms with E-state index in [0.717, 1.165) is 12.2 Å². The number of benzene rings is 3. The van der Waals surface area contributed by atoms with E-state index in [9.17, 15) is 0 Å². The average Bonchev–Trinajstić information content (AvgIpc) is 2.85. The topological polar surface area (TPSA) is 12.5 Å². The Morgan fingerprint density at radius 1 is 0.905 bits per heavy atom. The second-order valence-electron chi connectivity index (χ2n) is 5.49. The number of para-hydroxylation sites is 2. The molecule has 2 heteroatoms. The van der Waals surface area contributed by atoms with Gasteiger partial charge in [-0.1, -0.05) is 54.6 Å². The molecule has 0 aromatic heterocycles. The van der Waals surface area contributed by atoms with Crippen molar-refractivity contribution in [3.05, 3.63) is 72.3 Å². The van der Waals surface area contributed by atoms with Crippen molar-refractivity contribution in [2.75, 3.05) is 11.9 Å². The summed E-state index contributed by atoms with van der Waals surface area (Å²) in [5.41, 5.74) is 2.50. The zero-order chi connectivity index (χ0) is 14.2. The molecule has 0 radical (unpaired) electrons. The third-order valence-corrected chi connectivity index (χ3v) is 4.21. The summed E-state index contributed by atoms with van der Waals surface area (Å²) >= 11 is 0. The Morgan fingerprint density at radius 3 is 2.57 bits per heavy atom. The third kappa shape index (κ3) is 2.04. The smallest absolute Gasteiger partial charge is 0.176 e. The van der Waals surface area contributed by atoms with Crippen LogP contribution in [0.5, 0.6) is 5.75 Å². The normalized spacial score (nSPS) is 16.8. The molecule has 104 valence electrons. The van der Waals surface area contributed by atoms with Crippen LogP contribution in [0.3, 0.4) is 0 Å². The molecule has 2 nitrogen and oxygen atoms in total. The summed E-state index contributed by atoms with van der Waals surface area (Å²) in [6.07, 6.45) is 0.945. The maximum atomic E-state index is 6.10. The molecule has 3 aromatic rings. The Kier molecular flexibility index (Phi) is 2.81. The highest BCUT2D eigenvalue weighted by Crippen LogP contribution is 2.37. The first kappa shape index (κ1) is 12.3. The highest BCUT2D eigenvalue weighted by molar-refractivity contribution is 5.85. The number of rotatable bonds is 2. The van der Waals surface area contributed by atoms with Crippen LogP contribution in [0.25, 0.3) is 10.8 Å². The van der Waals surface area contributed by atoms with Gasteiger partial charge >= 0.3 is 0 Å². The lowest BCUT2D eigenvalue weighted by molar-refractivity contribution is 0.230. The molecule has 21 heavy (non-hydrogen) atoms. The van der Waals surface area contributed by atoms with Crippen LogP contribution in [0, 0.1) is 0 Å². The Balaban J connectivity index is 1.68. The van der Waals surface area contributed by atoms with Crippen LogP contribution in [-0.4, -0.2) is 13.3 Å². The van der Waals surface area contributed by atoms with E-state index in [0.29, 0.717) is 0 Å². The van der Waals surface area contributed by atoms with Crippen LogP contribution < -0.4 is 9.64 Å². The number of ether oxygens (including phenoxy) is 1. The predicted molar refractivity (Wildman–Crippen MR) is 86.9 cm³/mol. The summed E-state index contributed by atoms with van der Waals surface area (Å²) in [6, 6.07) is 23.2.